The van der Waals surface area contributed by atoms with Gasteiger partial charge in [-0.2, -0.15) is 0 Å². The maximum atomic E-state index is 14.0. The smallest absolute Gasteiger partial charge is 0.320 e. The van der Waals surface area contributed by atoms with Crippen LogP contribution in [0, 0.1) is 12.7 Å². The van der Waals surface area contributed by atoms with Gasteiger partial charge in [-0.05, 0) is 31.0 Å². The molecule has 1 heterocycles. The summed E-state index contributed by atoms with van der Waals surface area (Å²) in [6.45, 7) is 1.77. The Hall–Kier alpha value is -2.21. The Bertz CT molecular complexity index is 610. The number of hydrogen-bond donors (Lipinski definition) is 2. The first kappa shape index (κ1) is 13.2. The van der Waals surface area contributed by atoms with Gasteiger partial charge in [-0.1, -0.05) is 6.07 Å². The van der Waals surface area contributed by atoms with Crippen LogP contribution in [0.3, 0.4) is 0 Å². The minimum absolute atomic E-state index is 0.0927. The van der Waals surface area contributed by atoms with E-state index in [1.165, 1.54) is 6.07 Å². The fraction of sp³-hybridized carbons (Fsp3) is 0.231. The number of hydrogen-bond acceptors (Lipinski definition) is 3. The molecule has 0 aliphatic heterocycles. The average molecular weight is 263 g/mol. The van der Waals surface area contributed by atoms with Crippen LogP contribution < -0.4 is 5.73 Å². The normalized spacial score (nSPS) is 12.4. The zero-order valence-corrected chi connectivity index (χ0v) is 10.4. The summed E-state index contributed by atoms with van der Waals surface area (Å²) < 4.78 is 15.6. The highest BCUT2D eigenvalue weighted by atomic mass is 19.1. The second kappa shape index (κ2) is 5.19. The van der Waals surface area contributed by atoms with Crippen molar-refractivity contribution < 1.29 is 14.3 Å². The van der Waals surface area contributed by atoms with Gasteiger partial charge in [0.05, 0.1) is 5.69 Å². The molecule has 19 heavy (non-hydrogen) atoms. The van der Waals surface area contributed by atoms with Gasteiger partial charge >= 0.3 is 5.97 Å². The monoisotopic (exact) mass is 263 g/mol. The predicted octanol–water partition coefficient (Wildman–Crippen LogP) is 1.27. The number of aryl methyl sites for hydroxylation is 1. The summed E-state index contributed by atoms with van der Waals surface area (Å²) in [6, 6.07) is 3.53. The van der Waals surface area contributed by atoms with E-state index >= 15 is 0 Å². The van der Waals surface area contributed by atoms with Gasteiger partial charge in [-0.25, -0.2) is 9.37 Å². The first-order valence-corrected chi connectivity index (χ1v) is 5.76. The number of halogens is 1. The number of carboxylic acids is 1. The number of aliphatic carboxylic acids is 1. The first-order valence-electron chi connectivity index (χ1n) is 5.76. The van der Waals surface area contributed by atoms with Crippen LogP contribution in [0.5, 0.6) is 0 Å². The van der Waals surface area contributed by atoms with E-state index in [4.69, 9.17) is 10.8 Å². The van der Waals surface area contributed by atoms with Crippen molar-refractivity contribution in [3.8, 4) is 5.69 Å². The lowest BCUT2D eigenvalue weighted by molar-refractivity contribution is -0.138. The second-order valence-electron chi connectivity index (χ2n) is 4.28. The van der Waals surface area contributed by atoms with Crippen molar-refractivity contribution in [2.75, 3.05) is 0 Å². The van der Waals surface area contributed by atoms with E-state index in [-0.39, 0.29) is 6.42 Å². The van der Waals surface area contributed by atoms with E-state index in [0.29, 0.717) is 17.1 Å². The maximum absolute atomic E-state index is 14.0. The Morgan fingerprint density at radius 3 is 2.84 bits per heavy atom. The third-order valence-electron chi connectivity index (χ3n) is 2.87. The van der Waals surface area contributed by atoms with Gasteiger partial charge in [0.2, 0.25) is 0 Å². The highest BCUT2D eigenvalue weighted by Crippen LogP contribution is 2.17. The van der Waals surface area contributed by atoms with Crippen LogP contribution in [0.4, 0.5) is 4.39 Å². The molecule has 0 saturated carbocycles. The number of benzene rings is 1. The Labute approximate surface area is 109 Å². The summed E-state index contributed by atoms with van der Waals surface area (Å²) in [6.07, 6.45) is 3.34. The molecular formula is C13H14FN3O2. The van der Waals surface area contributed by atoms with Crippen LogP contribution in [0.2, 0.25) is 0 Å². The minimum Gasteiger partial charge on any atom is -0.480 e. The number of carbonyl (C=O) groups is 1. The van der Waals surface area contributed by atoms with E-state index in [1.807, 2.05) is 0 Å². The molecule has 5 nitrogen and oxygen atoms in total. The van der Waals surface area contributed by atoms with Gasteiger partial charge in [0, 0.05) is 12.4 Å². The Morgan fingerprint density at radius 2 is 2.32 bits per heavy atom. The van der Waals surface area contributed by atoms with Gasteiger partial charge in [0.25, 0.3) is 0 Å². The molecule has 0 saturated heterocycles. The second-order valence-corrected chi connectivity index (χ2v) is 4.28. The van der Waals surface area contributed by atoms with Gasteiger partial charge in [0.1, 0.15) is 17.7 Å². The largest absolute Gasteiger partial charge is 0.480 e. The topological polar surface area (TPSA) is 81.1 Å². The predicted molar refractivity (Wildman–Crippen MR) is 67.6 cm³/mol. The SMILES string of the molecule is Cc1nccn1-c1ccc(CC(N)C(=O)O)cc1F. The number of carboxylic acid groups (broad SMARTS) is 1. The Balaban J connectivity index is 2.28. The third kappa shape index (κ3) is 2.79. The molecule has 1 aromatic heterocycles. The fourth-order valence-corrected chi connectivity index (χ4v) is 1.85. The average Bonchev–Trinajstić information content (AvgIpc) is 2.75. The van der Waals surface area contributed by atoms with Gasteiger partial charge in [0.15, 0.2) is 0 Å². The summed E-state index contributed by atoms with van der Waals surface area (Å²) in [4.78, 5) is 14.7. The minimum atomic E-state index is -1.10. The van der Waals surface area contributed by atoms with Gasteiger partial charge in [-0.15, -0.1) is 0 Å². The molecule has 1 aromatic carbocycles. The molecule has 0 radical (unpaired) electrons. The maximum Gasteiger partial charge on any atom is 0.320 e. The van der Waals surface area contributed by atoms with Crippen molar-refractivity contribution in [1.82, 2.24) is 9.55 Å². The molecule has 2 aromatic rings. The molecule has 0 amide bonds. The summed E-state index contributed by atoms with van der Waals surface area (Å²) >= 11 is 0. The van der Waals surface area contributed by atoms with Crippen LogP contribution in [0.1, 0.15) is 11.4 Å². The molecule has 0 aliphatic rings. The van der Waals surface area contributed by atoms with Crippen LogP contribution in [-0.4, -0.2) is 26.7 Å². The van der Waals surface area contributed by atoms with Crippen molar-refractivity contribution in [3.63, 3.8) is 0 Å². The fourth-order valence-electron chi connectivity index (χ4n) is 1.85. The van der Waals surface area contributed by atoms with Crippen molar-refractivity contribution in [3.05, 3.63) is 47.8 Å². The van der Waals surface area contributed by atoms with Gasteiger partial charge < -0.3 is 15.4 Å². The summed E-state index contributed by atoms with van der Waals surface area (Å²) in [5.74, 6) is -0.861. The van der Waals surface area contributed by atoms with E-state index in [9.17, 15) is 9.18 Å². The quantitative estimate of drug-likeness (QED) is 0.870. The van der Waals surface area contributed by atoms with Gasteiger partial charge in [-0.3, -0.25) is 4.79 Å². The van der Waals surface area contributed by atoms with E-state index in [2.05, 4.69) is 4.98 Å². The lowest BCUT2D eigenvalue weighted by Crippen LogP contribution is -2.32. The summed E-state index contributed by atoms with van der Waals surface area (Å²) in [5, 5.41) is 8.72. The van der Waals surface area contributed by atoms with E-state index < -0.39 is 17.8 Å². The van der Waals surface area contributed by atoms with Crippen LogP contribution in [-0.2, 0) is 11.2 Å². The van der Waals surface area contributed by atoms with Crippen LogP contribution in [0.25, 0.3) is 5.69 Å². The van der Waals surface area contributed by atoms with Crippen molar-refractivity contribution in [2.24, 2.45) is 5.73 Å². The highest BCUT2D eigenvalue weighted by molar-refractivity contribution is 5.73. The van der Waals surface area contributed by atoms with Crippen molar-refractivity contribution in [1.29, 1.82) is 0 Å². The van der Waals surface area contributed by atoms with Crippen LogP contribution in [0.15, 0.2) is 30.6 Å². The molecule has 0 bridgehead atoms. The Morgan fingerprint density at radius 1 is 1.58 bits per heavy atom. The summed E-state index contributed by atoms with van der Waals surface area (Å²) in [5.41, 5.74) is 6.35. The molecule has 6 heteroatoms. The lowest BCUT2D eigenvalue weighted by Gasteiger charge is -2.10. The van der Waals surface area contributed by atoms with E-state index in [0.717, 1.165) is 0 Å². The highest BCUT2D eigenvalue weighted by Gasteiger charge is 2.14. The first-order chi connectivity index (χ1) is 8.99. The van der Waals surface area contributed by atoms with Crippen LogP contribution >= 0.6 is 0 Å². The lowest BCUT2D eigenvalue weighted by atomic mass is 10.1. The molecule has 3 N–H and O–H groups in total. The van der Waals surface area contributed by atoms with Crippen molar-refractivity contribution >= 4 is 5.97 Å². The summed E-state index contributed by atoms with van der Waals surface area (Å²) in [7, 11) is 0. The standard InChI is InChI=1S/C13H14FN3O2/c1-8-16-4-5-17(8)12-3-2-9(6-10(12)14)7-11(15)13(18)19/h2-6,11H,7,15H2,1H3,(H,18,19). The zero-order valence-electron chi connectivity index (χ0n) is 10.4. The number of aromatic nitrogens is 2. The molecular weight excluding hydrogens is 249 g/mol. The molecule has 0 fully saturated rings. The molecule has 0 aliphatic carbocycles. The number of imidazole rings is 1. The molecule has 1 atom stereocenters. The van der Waals surface area contributed by atoms with Crippen molar-refractivity contribution in [2.45, 2.75) is 19.4 Å². The molecule has 0 spiro atoms. The molecule has 100 valence electrons. The van der Waals surface area contributed by atoms with E-state index in [1.54, 1.807) is 36.0 Å². The Kier molecular flexibility index (Phi) is 3.62. The molecule has 1 unspecified atom stereocenters. The third-order valence-corrected chi connectivity index (χ3v) is 2.87. The number of nitrogens with zero attached hydrogens (tertiary/aromatic N) is 2. The number of nitrogens with two attached hydrogens (primary N) is 1. The molecule has 2 rings (SSSR count). The number of rotatable bonds is 4. The zero-order chi connectivity index (χ0) is 14.0.